The van der Waals surface area contributed by atoms with Gasteiger partial charge in [-0.1, -0.05) is 28.1 Å². The van der Waals surface area contributed by atoms with E-state index in [0.717, 1.165) is 22.9 Å². The van der Waals surface area contributed by atoms with Crippen LogP contribution in [0, 0.1) is 0 Å². The lowest BCUT2D eigenvalue weighted by Gasteiger charge is -2.19. The number of carbonyl (C=O) groups is 1. The van der Waals surface area contributed by atoms with Crippen LogP contribution in [0.2, 0.25) is 0 Å². The van der Waals surface area contributed by atoms with Gasteiger partial charge in [0.1, 0.15) is 12.2 Å². The Labute approximate surface area is 125 Å². The summed E-state index contributed by atoms with van der Waals surface area (Å²) < 4.78 is 0.998. The highest BCUT2D eigenvalue weighted by atomic mass is 79.9. The molecule has 2 aromatic rings. The molecular weight excluding hydrogens is 320 g/mol. The van der Waals surface area contributed by atoms with Crippen molar-refractivity contribution >= 4 is 21.8 Å². The van der Waals surface area contributed by atoms with Crippen molar-refractivity contribution in [1.82, 2.24) is 20.5 Å². The Kier molecular flexibility index (Phi) is 3.33. The van der Waals surface area contributed by atoms with E-state index >= 15 is 0 Å². The summed E-state index contributed by atoms with van der Waals surface area (Å²) in [7, 11) is 0. The Morgan fingerprint density at radius 2 is 2.30 bits per heavy atom. The number of hydrogen-bond acceptors (Lipinski definition) is 3. The van der Waals surface area contributed by atoms with E-state index in [1.165, 1.54) is 6.33 Å². The van der Waals surface area contributed by atoms with Crippen molar-refractivity contribution in [3.8, 4) is 0 Å². The zero-order valence-corrected chi connectivity index (χ0v) is 12.6. The number of hydrogen-bond donors (Lipinski definition) is 2. The number of nitrogens with zero attached hydrogens (tertiary/aromatic N) is 2. The van der Waals surface area contributed by atoms with Crippen LogP contribution < -0.4 is 5.32 Å². The zero-order valence-electron chi connectivity index (χ0n) is 11.1. The van der Waals surface area contributed by atoms with Gasteiger partial charge in [0.2, 0.25) is 5.91 Å². The van der Waals surface area contributed by atoms with Crippen LogP contribution in [0.5, 0.6) is 0 Å². The lowest BCUT2D eigenvalue weighted by atomic mass is 9.95. The first-order valence-electron chi connectivity index (χ1n) is 6.54. The van der Waals surface area contributed by atoms with E-state index in [9.17, 15) is 4.79 Å². The number of H-pyrrole nitrogens is 1. The highest BCUT2D eigenvalue weighted by molar-refractivity contribution is 9.10. The van der Waals surface area contributed by atoms with Gasteiger partial charge in [-0.3, -0.25) is 9.89 Å². The normalized spacial score (nSPS) is 17.5. The van der Waals surface area contributed by atoms with Gasteiger partial charge in [-0.25, -0.2) is 4.98 Å². The molecule has 1 heterocycles. The number of aromatic nitrogens is 3. The zero-order chi connectivity index (χ0) is 14.2. The van der Waals surface area contributed by atoms with E-state index in [-0.39, 0.29) is 17.4 Å². The highest BCUT2D eigenvalue weighted by Gasteiger charge is 2.51. The molecule has 1 unspecified atom stereocenters. The number of benzene rings is 1. The van der Waals surface area contributed by atoms with Crippen LogP contribution in [0.1, 0.15) is 37.2 Å². The smallest absolute Gasteiger partial charge is 0.231 e. The summed E-state index contributed by atoms with van der Waals surface area (Å²) in [6.45, 7) is 1.90. The number of amides is 1. The second-order valence-electron chi connectivity index (χ2n) is 5.16. The standard InChI is InChI=1S/C14H15BrN4O/c1-9(12-16-8-17-19-12)18-13(20)14(5-6-14)10-3-2-4-11(15)7-10/h2-4,7-9H,5-6H2,1H3,(H,18,20)(H,16,17,19). The van der Waals surface area contributed by atoms with E-state index in [1.54, 1.807) is 0 Å². The molecule has 0 radical (unpaired) electrons. The summed E-state index contributed by atoms with van der Waals surface area (Å²) in [6, 6.07) is 7.79. The monoisotopic (exact) mass is 334 g/mol. The maximum Gasteiger partial charge on any atom is 0.231 e. The Balaban J connectivity index is 1.77. The van der Waals surface area contributed by atoms with Gasteiger partial charge in [-0.2, -0.15) is 5.10 Å². The van der Waals surface area contributed by atoms with Gasteiger partial charge in [0.25, 0.3) is 0 Å². The summed E-state index contributed by atoms with van der Waals surface area (Å²) in [5, 5.41) is 9.60. The quantitative estimate of drug-likeness (QED) is 0.902. The molecule has 1 atom stereocenters. The fourth-order valence-corrected chi connectivity index (χ4v) is 2.78. The second-order valence-corrected chi connectivity index (χ2v) is 6.07. The van der Waals surface area contributed by atoms with Crippen molar-refractivity contribution in [1.29, 1.82) is 0 Å². The molecule has 0 spiro atoms. The van der Waals surface area contributed by atoms with Crippen LogP contribution in [0.15, 0.2) is 35.1 Å². The Bertz CT molecular complexity index is 622. The molecule has 6 heteroatoms. The summed E-state index contributed by atoms with van der Waals surface area (Å²) >= 11 is 3.46. The molecule has 1 aliphatic carbocycles. The molecule has 5 nitrogen and oxygen atoms in total. The van der Waals surface area contributed by atoms with Crippen LogP contribution in [0.4, 0.5) is 0 Å². The first-order chi connectivity index (χ1) is 9.62. The molecule has 0 saturated heterocycles. The van der Waals surface area contributed by atoms with Crippen LogP contribution in [0.25, 0.3) is 0 Å². The van der Waals surface area contributed by atoms with Gasteiger partial charge in [0.05, 0.1) is 11.5 Å². The summed E-state index contributed by atoms with van der Waals surface area (Å²) in [5.74, 6) is 0.725. The minimum atomic E-state index is -0.377. The van der Waals surface area contributed by atoms with Gasteiger partial charge < -0.3 is 5.32 Å². The predicted molar refractivity (Wildman–Crippen MR) is 78.0 cm³/mol. The Morgan fingerprint density at radius 3 is 2.90 bits per heavy atom. The van der Waals surface area contributed by atoms with Crippen molar-refractivity contribution in [2.24, 2.45) is 0 Å². The first-order valence-corrected chi connectivity index (χ1v) is 7.33. The minimum Gasteiger partial charge on any atom is -0.346 e. The van der Waals surface area contributed by atoms with E-state index < -0.39 is 0 Å². The molecule has 2 N–H and O–H groups in total. The lowest BCUT2D eigenvalue weighted by molar-refractivity contribution is -0.124. The Morgan fingerprint density at radius 1 is 1.50 bits per heavy atom. The highest BCUT2D eigenvalue weighted by Crippen LogP contribution is 2.49. The van der Waals surface area contributed by atoms with Gasteiger partial charge in [-0.15, -0.1) is 0 Å². The van der Waals surface area contributed by atoms with Gasteiger partial charge in [0, 0.05) is 4.47 Å². The average molecular weight is 335 g/mol. The molecule has 1 saturated carbocycles. The Hall–Kier alpha value is -1.69. The topological polar surface area (TPSA) is 70.7 Å². The van der Waals surface area contributed by atoms with Crippen molar-refractivity contribution in [3.05, 3.63) is 46.5 Å². The molecule has 1 aromatic heterocycles. The first kappa shape index (κ1) is 13.3. The molecule has 1 amide bonds. The third kappa shape index (κ3) is 2.35. The maximum atomic E-state index is 12.6. The summed E-state index contributed by atoms with van der Waals surface area (Å²) in [4.78, 5) is 16.6. The van der Waals surface area contributed by atoms with E-state index in [0.29, 0.717) is 5.82 Å². The number of halogens is 1. The summed E-state index contributed by atoms with van der Waals surface area (Å²) in [5.41, 5.74) is 0.687. The predicted octanol–water partition coefficient (Wildman–Crippen LogP) is 2.48. The van der Waals surface area contributed by atoms with Gasteiger partial charge in [-0.05, 0) is 37.5 Å². The number of aromatic amines is 1. The fourth-order valence-electron chi connectivity index (χ4n) is 2.38. The van der Waals surface area contributed by atoms with E-state index in [4.69, 9.17) is 0 Å². The van der Waals surface area contributed by atoms with E-state index in [1.807, 2.05) is 31.2 Å². The molecule has 104 valence electrons. The molecule has 0 aliphatic heterocycles. The van der Waals surface area contributed by atoms with Gasteiger partial charge >= 0.3 is 0 Å². The largest absolute Gasteiger partial charge is 0.346 e. The van der Waals surface area contributed by atoms with Crippen molar-refractivity contribution in [2.45, 2.75) is 31.2 Å². The van der Waals surface area contributed by atoms with Crippen LogP contribution in [-0.2, 0) is 10.2 Å². The van der Waals surface area contributed by atoms with Crippen LogP contribution in [0.3, 0.4) is 0 Å². The van der Waals surface area contributed by atoms with E-state index in [2.05, 4.69) is 36.4 Å². The fraction of sp³-hybridized carbons (Fsp3) is 0.357. The molecule has 1 aromatic carbocycles. The third-order valence-corrected chi connectivity index (χ3v) is 4.25. The number of carbonyl (C=O) groups excluding carboxylic acids is 1. The second kappa shape index (κ2) is 5.01. The third-order valence-electron chi connectivity index (χ3n) is 3.75. The van der Waals surface area contributed by atoms with Crippen molar-refractivity contribution < 1.29 is 4.79 Å². The molecule has 0 bridgehead atoms. The molecule has 20 heavy (non-hydrogen) atoms. The molecular formula is C14H15BrN4O. The van der Waals surface area contributed by atoms with Gasteiger partial charge in [0.15, 0.2) is 0 Å². The number of rotatable bonds is 4. The molecule has 1 fully saturated rings. The number of nitrogens with one attached hydrogen (secondary N) is 2. The SMILES string of the molecule is CC(NC(=O)C1(c2cccc(Br)c2)CC1)c1ncn[nH]1. The average Bonchev–Trinajstić information content (AvgIpc) is 3.06. The van der Waals surface area contributed by atoms with Crippen molar-refractivity contribution in [3.63, 3.8) is 0 Å². The van der Waals surface area contributed by atoms with Crippen molar-refractivity contribution in [2.75, 3.05) is 0 Å². The molecule has 3 rings (SSSR count). The summed E-state index contributed by atoms with van der Waals surface area (Å²) in [6.07, 6.45) is 3.22. The minimum absolute atomic E-state index is 0.0551. The maximum absolute atomic E-state index is 12.6. The lowest BCUT2D eigenvalue weighted by Crippen LogP contribution is -2.36. The molecule has 1 aliphatic rings. The van der Waals surface area contributed by atoms with Crippen LogP contribution in [-0.4, -0.2) is 21.1 Å². The van der Waals surface area contributed by atoms with Crippen LogP contribution >= 0.6 is 15.9 Å².